The molecule has 0 heterocycles. The van der Waals surface area contributed by atoms with E-state index in [1.54, 1.807) is 0 Å². The molecule has 10 nitrogen and oxygen atoms in total. The normalized spacial score (nSPS) is 16.1. The summed E-state index contributed by atoms with van der Waals surface area (Å²) in [5.41, 5.74) is 0. The highest BCUT2D eigenvalue weighted by molar-refractivity contribution is 7.54. The van der Waals surface area contributed by atoms with Gasteiger partial charge < -0.3 is 29.4 Å². The van der Waals surface area contributed by atoms with Crippen molar-refractivity contribution in [3.8, 4) is 0 Å². The van der Waals surface area contributed by atoms with Gasteiger partial charge >= 0.3 is 23.0 Å². The summed E-state index contributed by atoms with van der Waals surface area (Å²) >= 11 is 0. The molecule has 0 saturated carbocycles. The van der Waals surface area contributed by atoms with Crippen molar-refractivity contribution in [1.29, 1.82) is 0 Å². The molecule has 16 heavy (non-hydrogen) atoms. The van der Waals surface area contributed by atoms with Gasteiger partial charge in [-0.25, -0.2) is 4.57 Å². The summed E-state index contributed by atoms with van der Waals surface area (Å²) in [6.45, 7) is 0. The Hall–Kier alpha value is 0.410. The van der Waals surface area contributed by atoms with E-state index >= 15 is 0 Å². The van der Waals surface area contributed by atoms with Gasteiger partial charge in [0, 0.05) is 0 Å². The minimum Gasteiger partial charge on any atom is -0.324 e. The molecule has 13 heteroatoms. The minimum absolute atomic E-state index is 0.875. The van der Waals surface area contributed by atoms with E-state index < -0.39 is 41.4 Å². The summed E-state index contributed by atoms with van der Waals surface area (Å²) in [6, 6.07) is 0. The van der Waals surface area contributed by atoms with E-state index in [2.05, 4.69) is 4.52 Å². The molecule has 0 aromatic heterocycles. The maximum absolute atomic E-state index is 10.7. The monoisotopic (exact) mass is 300 g/mol. The zero-order valence-electron chi connectivity index (χ0n) is 7.65. The highest BCUT2D eigenvalue weighted by Crippen LogP contribution is 2.53. The number of phosphoric ester groups is 1. The Morgan fingerprint density at radius 3 is 1.62 bits per heavy atom. The summed E-state index contributed by atoms with van der Waals surface area (Å²) in [6.07, 6.45) is -1.83. The zero-order valence-corrected chi connectivity index (χ0v) is 10.3. The first-order chi connectivity index (χ1) is 6.81. The number of phosphoric acid groups is 1. The highest BCUT2D eigenvalue weighted by atomic mass is 31.2. The van der Waals surface area contributed by atoms with Crippen molar-refractivity contribution in [1.82, 2.24) is 0 Å². The van der Waals surface area contributed by atoms with Gasteiger partial charge in [0.2, 0.25) is 0 Å². The van der Waals surface area contributed by atoms with Crippen molar-refractivity contribution < 1.29 is 47.6 Å². The Balaban J connectivity index is 4.66. The van der Waals surface area contributed by atoms with Gasteiger partial charge in [-0.3, -0.25) is 13.7 Å². The summed E-state index contributed by atoms with van der Waals surface area (Å²) in [5.74, 6) is -2.25. The van der Waals surface area contributed by atoms with E-state index in [1.165, 1.54) is 0 Å². The first-order valence-corrected chi connectivity index (χ1v) is 8.66. The van der Waals surface area contributed by atoms with Crippen molar-refractivity contribution >= 4 is 23.0 Å². The Morgan fingerprint density at radius 1 is 0.938 bits per heavy atom. The van der Waals surface area contributed by atoms with Crippen LogP contribution in [0, 0.1) is 0 Å². The molecule has 0 spiro atoms. The maximum atomic E-state index is 10.7. The average molecular weight is 300 g/mol. The molecule has 0 rings (SSSR count). The largest absolute Gasteiger partial charge is 0.470 e. The van der Waals surface area contributed by atoms with E-state index in [1.807, 2.05) is 0 Å². The molecule has 6 N–H and O–H groups in total. The summed E-state index contributed by atoms with van der Waals surface area (Å²) in [5, 5.41) is 0. The van der Waals surface area contributed by atoms with E-state index in [0.717, 1.165) is 0 Å². The Bertz CT molecular complexity index is 358. The Morgan fingerprint density at radius 2 is 1.38 bits per heavy atom. The van der Waals surface area contributed by atoms with Crippen LogP contribution in [-0.4, -0.2) is 41.4 Å². The minimum atomic E-state index is -5.15. The van der Waals surface area contributed by atoms with Gasteiger partial charge in [0.1, 0.15) is 0 Å². The lowest BCUT2D eigenvalue weighted by atomic mass is 10.5. The molecule has 0 aliphatic rings. The predicted molar refractivity (Wildman–Crippen MR) is 50.5 cm³/mol. The Kier molecular flexibility index (Phi) is 5.51. The maximum Gasteiger partial charge on any atom is 0.470 e. The molecule has 0 amide bonds. The van der Waals surface area contributed by atoms with Crippen molar-refractivity contribution in [3.05, 3.63) is 0 Å². The highest BCUT2D eigenvalue weighted by Gasteiger charge is 2.37. The number of hydrogen-bond donors (Lipinski definition) is 6. The van der Waals surface area contributed by atoms with Gasteiger partial charge in [-0.15, -0.1) is 0 Å². The molecule has 0 aliphatic carbocycles. The van der Waals surface area contributed by atoms with Crippen LogP contribution < -0.4 is 0 Å². The second-order valence-corrected chi connectivity index (χ2v) is 7.54. The molecule has 0 saturated heterocycles. The fourth-order valence-corrected chi connectivity index (χ4v) is 3.24. The molecule has 0 bridgehead atoms. The van der Waals surface area contributed by atoms with Gasteiger partial charge in [0.05, 0.1) is 6.16 Å². The van der Waals surface area contributed by atoms with Gasteiger partial charge in [-0.1, -0.05) is 0 Å². The molecule has 98 valence electrons. The van der Waals surface area contributed by atoms with Gasteiger partial charge in [0.25, 0.3) is 0 Å². The van der Waals surface area contributed by atoms with Gasteiger partial charge in [-0.2, -0.15) is 0 Å². The molecule has 0 aliphatic heterocycles. The Labute approximate surface area is 89.8 Å². The van der Waals surface area contributed by atoms with Crippen LogP contribution in [0.2, 0.25) is 0 Å². The van der Waals surface area contributed by atoms with E-state index in [4.69, 9.17) is 29.4 Å². The van der Waals surface area contributed by atoms with Crippen molar-refractivity contribution in [2.45, 2.75) is 12.3 Å². The van der Waals surface area contributed by atoms with Crippen LogP contribution in [0.15, 0.2) is 0 Å². The van der Waals surface area contributed by atoms with Crippen LogP contribution >= 0.6 is 23.0 Å². The summed E-state index contributed by atoms with van der Waals surface area (Å²) in [7, 11) is -14.7. The smallest absolute Gasteiger partial charge is 0.324 e. The second kappa shape index (κ2) is 5.37. The standard InChI is InChI=1S/C3H11O10P3/c4-14(5,6)2-1-3(15(7,8)9)13-16(10,11)12/h3H,1-2H2,(H2,4,5,6)(H2,7,8,9)(H2,10,11,12). The first kappa shape index (κ1) is 16.4. The van der Waals surface area contributed by atoms with Crippen molar-refractivity contribution in [3.63, 3.8) is 0 Å². The SMILES string of the molecule is O=P(O)(O)CCC(OP(=O)(O)O)P(=O)(O)O. The predicted octanol–water partition coefficient (Wildman–Crippen LogP) is -0.833. The topological polar surface area (TPSA) is 182 Å². The molecule has 0 aromatic rings. The van der Waals surface area contributed by atoms with Crippen LogP contribution in [0.4, 0.5) is 0 Å². The third-order valence-electron chi connectivity index (χ3n) is 1.30. The lowest BCUT2D eigenvalue weighted by Gasteiger charge is -2.19. The number of rotatable bonds is 6. The molecular formula is C3H11O10P3. The molecule has 0 fully saturated rings. The van der Waals surface area contributed by atoms with Crippen LogP contribution in [0.1, 0.15) is 6.42 Å². The first-order valence-electron chi connectivity index (χ1n) is 3.65. The molecule has 0 radical (unpaired) electrons. The fourth-order valence-electron chi connectivity index (χ4n) is 0.719. The quantitative estimate of drug-likeness (QED) is 0.338. The summed E-state index contributed by atoms with van der Waals surface area (Å²) in [4.78, 5) is 50.8. The average Bonchev–Trinajstić information content (AvgIpc) is 1.91. The van der Waals surface area contributed by atoms with E-state index in [9.17, 15) is 13.7 Å². The summed E-state index contributed by atoms with van der Waals surface area (Å²) < 4.78 is 35.2. The van der Waals surface area contributed by atoms with Crippen LogP contribution in [0.25, 0.3) is 0 Å². The van der Waals surface area contributed by atoms with E-state index in [-0.39, 0.29) is 0 Å². The number of hydrogen-bond acceptors (Lipinski definition) is 4. The molecule has 1 unspecified atom stereocenters. The lowest BCUT2D eigenvalue weighted by molar-refractivity contribution is 0.151. The molecule has 1 atom stereocenters. The van der Waals surface area contributed by atoms with Gasteiger partial charge in [-0.05, 0) is 6.42 Å². The van der Waals surface area contributed by atoms with Crippen molar-refractivity contribution in [2.75, 3.05) is 6.16 Å². The van der Waals surface area contributed by atoms with Gasteiger partial charge in [0.15, 0.2) is 5.85 Å². The van der Waals surface area contributed by atoms with E-state index in [0.29, 0.717) is 0 Å². The third-order valence-corrected chi connectivity index (χ3v) is 3.95. The van der Waals surface area contributed by atoms with Crippen LogP contribution in [0.5, 0.6) is 0 Å². The second-order valence-electron chi connectivity index (χ2n) is 2.82. The van der Waals surface area contributed by atoms with Crippen LogP contribution in [0.3, 0.4) is 0 Å². The molecular weight excluding hydrogens is 289 g/mol. The fraction of sp³-hybridized carbons (Fsp3) is 1.00. The lowest BCUT2D eigenvalue weighted by Crippen LogP contribution is -2.14. The third kappa shape index (κ3) is 8.55. The van der Waals surface area contributed by atoms with Crippen LogP contribution in [-0.2, 0) is 18.2 Å². The molecule has 0 aromatic carbocycles. The zero-order chi connectivity index (χ0) is 13.2. The van der Waals surface area contributed by atoms with Crippen molar-refractivity contribution in [2.24, 2.45) is 0 Å².